The van der Waals surface area contributed by atoms with Gasteiger partial charge in [0.1, 0.15) is 6.26 Å². The van der Waals surface area contributed by atoms with Crippen molar-refractivity contribution in [1.82, 2.24) is 10.5 Å². The van der Waals surface area contributed by atoms with Crippen LogP contribution in [0.3, 0.4) is 0 Å². The van der Waals surface area contributed by atoms with Crippen molar-refractivity contribution in [2.24, 2.45) is 0 Å². The first-order chi connectivity index (χ1) is 9.24. The van der Waals surface area contributed by atoms with E-state index in [9.17, 15) is 0 Å². The van der Waals surface area contributed by atoms with Crippen LogP contribution in [0.2, 0.25) is 0 Å². The molecule has 2 rings (SSSR count). The molecule has 0 saturated heterocycles. The average Bonchev–Trinajstić information content (AvgIpc) is 2.93. The molecule has 0 atom stereocenters. The first kappa shape index (κ1) is 13.9. The van der Waals surface area contributed by atoms with E-state index in [1.807, 2.05) is 18.2 Å². The van der Waals surface area contributed by atoms with Crippen LogP contribution in [0.15, 0.2) is 33.5 Å². The average molecular weight is 327 g/mol. The fourth-order valence-corrected chi connectivity index (χ4v) is 2.15. The summed E-state index contributed by atoms with van der Waals surface area (Å²) < 4.78 is 16.3. The van der Waals surface area contributed by atoms with E-state index in [4.69, 9.17) is 14.0 Å². The fourth-order valence-electron chi connectivity index (χ4n) is 1.69. The van der Waals surface area contributed by atoms with Crippen LogP contribution in [0.5, 0.6) is 11.5 Å². The minimum atomic E-state index is 0.650. The zero-order chi connectivity index (χ0) is 13.7. The molecule has 0 aliphatic rings. The minimum Gasteiger partial charge on any atom is -0.493 e. The quantitative estimate of drug-likeness (QED) is 0.884. The fraction of sp³-hybridized carbons (Fsp3) is 0.308. The molecule has 0 saturated carbocycles. The number of aromatic nitrogens is 1. The highest BCUT2D eigenvalue weighted by atomic mass is 79.9. The molecule has 0 fully saturated rings. The molecule has 2 aromatic rings. The maximum Gasteiger partial charge on any atom is 0.161 e. The van der Waals surface area contributed by atoms with E-state index in [1.54, 1.807) is 20.5 Å². The normalized spacial score (nSPS) is 10.5. The lowest BCUT2D eigenvalue weighted by atomic mass is 10.2. The van der Waals surface area contributed by atoms with Crippen molar-refractivity contribution < 1.29 is 14.0 Å². The molecule has 1 aromatic heterocycles. The second kappa shape index (κ2) is 6.58. The molecule has 0 spiro atoms. The predicted molar refractivity (Wildman–Crippen MR) is 74.3 cm³/mol. The first-order valence-corrected chi connectivity index (χ1v) is 6.54. The summed E-state index contributed by atoms with van der Waals surface area (Å²) in [6.07, 6.45) is 1.56. The Morgan fingerprint density at radius 1 is 1.21 bits per heavy atom. The Morgan fingerprint density at radius 2 is 1.95 bits per heavy atom. The minimum absolute atomic E-state index is 0.650. The van der Waals surface area contributed by atoms with Gasteiger partial charge in [0, 0.05) is 23.6 Å². The molecule has 19 heavy (non-hydrogen) atoms. The van der Waals surface area contributed by atoms with Gasteiger partial charge in [0.05, 0.1) is 19.9 Å². The summed E-state index contributed by atoms with van der Waals surface area (Å²) in [4.78, 5) is 0. The summed E-state index contributed by atoms with van der Waals surface area (Å²) in [6, 6.07) is 5.67. The standard InChI is InChI=1S/C13H15BrN2O3/c1-17-12-5-9(11(14)6-13(12)18-2)7-15-8-10-3-4-19-16-10/h3-6,15H,7-8H2,1-2H3. The van der Waals surface area contributed by atoms with Crippen LogP contribution in [0.4, 0.5) is 0 Å². The van der Waals surface area contributed by atoms with Gasteiger partial charge in [0.2, 0.25) is 0 Å². The van der Waals surface area contributed by atoms with E-state index in [2.05, 4.69) is 26.4 Å². The summed E-state index contributed by atoms with van der Waals surface area (Å²) in [7, 11) is 3.24. The van der Waals surface area contributed by atoms with E-state index in [0.29, 0.717) is 24.6 Å². The Balaban J connectivity index is 2.03. The summed E-state index contributed by atoms with van der Waals surface area (Å²) in [5.74, 6) is 1.42. The molecule has 0 radical (unpaired) electrons. The van der Waals surface area contributed by atoms with Gasteiger partial charge >= 0.3 is 0 Å². The Kier molecular flexibility index (Phi) is 4.81. The molecular weight excluding hydrogens is 312 g/mol. The highest BCUT2D eigenvalue weighted by Crippen LogP contribution is 2.33. The summed E-state index contributed by atoms with van der Waals surface area (Å²) in [6.45, 7) is 1.34. The number of rotatable bonds is 6. The summed E-state index contributed by atoms with van der Waals surface area (Å²) >= 11 is 3.52. The third-order valence-electron chi connectivity index (χ3n) is 2.67. The molecule has 0 aliphatic carbocycles. The van der Waals surface area contributed by atoms with Crippen LogP contribution in [-0.4, -0.2) is 19.4 Å². The lowest BCUT2D eigenvalue weighted by Gasteiger charge is -2.12. The van der Waals surface area contributed by atoms with Crippen LogP contribution in [0.25, 0.3) is 0 Å². The van der Waals surface area contributed by atoms with Crippen molar-refractivity contribution in [3.8, 4) is 11.5 Å². The second-order valence-corrected chi connectivity index (χ2v) is 4.75. The van der Waals surface area contributed by atoms with Crippen LogP contribution >= 0.6 is 15.9 Å². The van der Waals surface area contributed by atoms with Gasteiger partial charge in [0.25, 0.3) is 0 Å². The lowest BCUT2D eigenvalue weighted by molar-refractivity contribution is 0.354. The molecule has 0 bridgehead atoms. The number of hydrogen-bond donors (Lipinski definition) is 1. The molecule has 0 amide bonds. The summed E-state index contributed by atoms with van der Waals surface area (Å²) in [5, 5.41) is 7.12. The Labute approximate surface area is 120 Å². The number of halogens is 1. The third-order valence-corrected chi connectivity index (χ3v) is 3.40. The van der Waals surface area contributed by atoms with E-state index in [1.165, 1.54) is 0 Å². The first-order valence-electron chi connectivity index (χ1n) is 5.75. The van der Waals surface area contributed by atoms with Gasteiger partial charge in [0.15, 0.2) is 11.5 Å². The molecule has 0 aliphatic heterocycles. The molecule has 102 valence electrons. The van der Waals surface area contributed by atoms with E-state index in [0.717, 1.165) is 15.7 Å². The van der Waals surface area contributed by atoms with Gasteiger partial charge in [-0.25, -0.2) is 0 Å². The van der Waals surface area contributed by atoms with Gasteiger partial charge in [-0.15, -0.1) is 0 Å². The molecule has 1 aromatic carbocycles. The van der Waals surface area contributed by atoms with E-state index in [-0.39, 0.29) is 0 Å². The Morgan fingerprint density at radius 3 is 2.58 bits per heavy atom. The van der Waals surface area contributed by atoms with Crippen molar-refractivity contribution in [3.63, 3.8) is 0 Å². The number of nitrogens with zero attached hydrogens (tertiary/aromatic N) is 1. The van der Waals surface area contributed by atoms with Gasteiger partial charge in [-0.1, -0.05) is 21.1 Å². The number of hydrogen-bond acceptors (Lipinski definition) is 5. The van der Waals surface area contributed by atoms with Gasteiger partial charge in [-0.05, 0) is 17.7 Å². The smallest absolute Gasteiger partial charge is 0.161 e. The van der Waals surface area contributed by atoms with Crippen LogP contribution < -0.4 is 14.8 Å². The highest BCUT2D eigenvalue weighted by Gasteiger charge is 2.09. The SMILES string of the molecule is COc1cc(Br)c(CNCc2ccon2)cc1OC. The molecule has 5 nitrogen and oxygen atoms in total. The zero-order valence-electron chi connectivity index (χ0n) is 10.8. The van der Waals surface area contributed by atoms with Crippen LogP contribution in [0.1, 0.15) is 11.3 Å². The van der Waals surface area contributed by atoms with E-state index < -0.39 is 0 Å². The van der Waals surface area contributed by atoms with Gasteiger partial charge in [-0.3, -0.25) is 0 Å². The zero-order valence-corrected chi connectivity index (χ0v) is 12.4. The number of nitrogens with one attached hydrogen (secondary N) is 1. The number of benzene rings is 1. The molecule has 1 N–H and O–H groups in total. The van der Waals surface area contributed by atoms with Crippen molar-refractivity contribution in [3.05, 3.63) is 40.2 Å². The maximum absolute atomic E-state index is 5.28. The van der Waals surface area contributed by atoms with Gasteiger partial charge < -0.3 is 19.3 Å². The Hall–Kier alpha value is -1.53. The van der Waals surface area contributed by atoms with Crippen LogP contribution in [0, 0.1) is 0 Å². The van der Waals surface area contributed by atoms with E-state index >= 15 is 0 Å². The van der Waals surface area contributed by atoms with Crippen molar-refractivity contribution in [2.75, 3.05) is 14.2 Å². The number of methoxy groups -OCH3 is 2. The highest BCUT2D eigenvalue weighted by molar-refractivity contribution is 9.10. The van der Waals surface area contributed by atoms with Crippen molar-refractivity contribution in [2.45, 2.75) is 13.1 Å². The van der Waals surface area contributed by atoms with Crippen molar-refractivity contribution >= 4 is 15.9 Å². The molecule has 6 heteroatoms. The number of ether oxygens (including phenoxy) is 2. The maximum atomic E-state index is 5.28. The van der Waals surface area contributed by atoms with Crippen LogP contribution in [-0.2, 0) is 13.1 Å². The topological polar surface area (TPSA) is 56.5 Å². The Bertz CT molecular complexity index is 529. The monoisotopic (exact) mass is 326 g/mol. The van der Waals surface area contributed by atoms with Gasteiger partial charge in [-0.2, -0.15) is 0 Å². The molecule has 0 unspecified atom stereocenters. The third kappa shape index (κ3) is 3.48. The molecular formula is C13H15BrN2O3. The lowest BCUT2D eigenvalue weighted by Crippen LogP contribution is -2.13. The van der Waals surface area contributed by atoms with Crippen molar-refractivity contribution in [1.29, 1.82) is 0 Å². The predicted octanol–water partition coefficient (Wildman–Crippen LogP) is 2.74. The largest absolute Gasteiger partial charge is 0.493 e. The second-order valence-electron chi connectivity index (χ2n) is 3.89. The summed E-state index contributed by atoms with van der Waals surface area (Å²) in [5.41, 5.74) is 1.96. The molecule has 1 heterocycles.